The third-order valence-electron chi connectivity index (χ3n) is 3.91. The van der Waals surface area contributed by atoms with Crippen molar-refractivity contribution in [2.24, 2.45) is 0 Å². The molecule has 0 saturated heterocycles. The Labute approximate surface area is 99.3 Å². The quantitative estimate of drug-likeness (QED) is 0.795. The van der Waals surface area contributed by atoms with Gasteiger partial charge >= 0.3 is 0 Å². The minimum atomic E-state index is 0.318. The van der Waals surface area contributed by atoms with E-state index in [-0.39, 0.29) is 0 Å². The van der Waals surface area contributed by atoms with Gasteiger partial charge in [-0.05, 0) is 41.5 Å². The van der Waals surface area contributed by atoms with Gasteiger partial charge in [-0.25, -0.2) is 0 Å². The van der Waals surface area contributed by atoms with Crippen LogP contribution in [0.5, 0.6) is 0 Å². The largest absolute Gasteiger partial charge is 0.313 e. The van der Waals surface area contributed by atoms with E-state index in [1.54, 1.807) is 0 Å². The fourth-order valence-corrected chi connectivity index (χ4v) is 2.83. The second-order valence-corrected chi connectivity index (χ2v) is 5.93. The minimum absolute atomic E-state index is 0.318. The zero-order valence-corrected chi connectivity index (χ0v) is 11.1. The summed E-state index contributed by atoms with van der Waals surface area (Å²) in [5.41, 5.74) is 4.81. The van der Waals surface area contributed by atoms with Gasteiger partial charge in [0, 0.05) is 6.04 Å². The first kappa shape index (κ1) is 11.7. The first-order chi connectivity index (χ1) is 7.45. The molecule has 0 heterocycles. The first-order valence-electron chi connectivity index (χ1n) is 6.27. The van der Waals surface area contributed by atoms with E-state index in [1.165, 1.54) is 23.1 Å². The lowest BCUT2D eigenvalue weighted by Crippen LogP contribution is -2.17. The van der Waals surface area contributed by atoms with Crippen LogP contribution in [0.1, 0.15) is 62.8 Å². The van der Waals surface area contributed by atoms with Crippen molar-refractivity contribution in [3.05, 3.63) is 34.9 Å². The molecule has 0 aromatic heterocycles. The summed E-state index contributed by atoms with van der Waals surface area (Å²) in [4.78, 5) is 0. The summed E-state index contributed by atoms with van der Waals surface area (Å²) in [6, 6.07) is 7.56. The normalized spacial score (nSPS) is 22.5. The predicted molar refractivity (Wildman–Crippen MR) is 70.0 cm³/mol. The maximum Gasteiger partial charge on any atom is 0.0328 e. The molecular formula is C15H23N. The van der Waals surface area contributed by atoms with Crippen LogP contribution < -0.4 is 5.32 Å². The van der Waals surface area contributed by atoms with Crippen molar-refractivity contribution in [2.45, 2.75) is 51.5 Å². The summed E-state index contributed by atoms with van der Waals surface area (Å²) in [5, 5.41) is 3.44. The van der Waals surface area contributed by atoms with Crippen LogP contribution in [0.25, 0.3) is 0 Å². The Balaban J connectivity index is 2.49. The molecule has 88 valence electrons. The van der Waals surface area contributed by atoms with Gasteiger partial charge in [-0.1, -0.05) is 45.9 Å². The van der Waals surface area contributed by atoms with Crippen molar-refractivity contribution in [1.29, 1.82) is 0 Å². The molecule has 0 bridgehead atoms. The van der Waals surface area contributed by atoms with Gasteiger partial charge in [0.1, 0.15) is 0 Å². The highest BCUT2D eigenvalue weighted by Crippen LogP contribution is 2.45. The summed E-state index contributed by atoms with van der Waals surface area (Å²) in [5.74, 6) is 0.617. The van der Waals surface area contributed by atoms with Gasteiger partial charge in [0.25, 0.3) is 0 Å². The summed E-state index contributed by atoms with van der Waals surface area (Å²) in [7, 11) is 2.07. The Hall–Kier alpha value is -0.820. The van der Waals surface area contributed by atoms with E-state index in [2.05, 4.69) is 58.3 Å². The predicted octanol–water partition coefficient (Wildman–Crippen LogP) is 3.75. The summed E-state index contributed by atoms with van der Waals surface area (Å²) in [6.45, 7) is 9.21. The number of rotatable bonds is 2. The zero-order chi connectivity index (χ0) is 11.9. The molecule has 1 N–H and O–H groups in total. The number of fused-ring (bicyclic) bond motifs is 1. The molecule has 1 atom stereocenters. The van der Waals surface area contributed by atoms with E-state index >= 15 is 0 Å². The van der Waals surface area contributed by atoms with Gasteiger partial charge in [0.05, 0.1) is 0 Å². The molecule has 2 rings (SSSR count). The summed E-state index contributed by atoms with van der Waals surface area (Å²) < 4.78 is 0. The van der Waals surface area contributed by atoms with Crippen LogP contribution in [0, 0.1) is 0 Å². The molecular weight excluding hydrogens is 194 g/mol. The van der Waals surface area contributed by atoms with Crippen LogP contribution in [0.4, 0.5) is 0 Å². The maximum absolute atomic E-state index is 3.44. The van der Waals surface area contributed by atoms with Gasteiger partial charge in [-0.3, -0.25) is 0 Å². The molecule has 1 aliphatic rings. The average molecular weight is 217 g/mol. The molecule has 1 aliphatic carbocycles. The summed E-state index contributed by atoms with van der Waals surface area (Å²) in [6.07, 6.45) is 1.21. The lowest BCUT2D eigenvalue weighted by molar-refractivity contribution is 0.447. The van der Waals surface area contributed by atoms with Crippen molar-refractivity contribution in [3.63, 3.8) is 0 Å². The number of nitrogens with one attached hydrogen (secondary N) is 1. The molecule has 16 heavy (non-hydrogen) atoms. The molecule has 1 heteroatoms. The van der Waals surface area contributed by atoms with Gasteiger partial charge in [-0.2, -0.15) is 0 Å². The molecule has 1 aromatic rings. The van der Waals surface area contributed by atoms with Crippen LogP contribution in [-0.2, 0) is 5.41 Å². The molecule has 1 aromatic carbocycles. The molecule has 1 nitrogen and oxygen atoms in total. The molecule has 0 amide bonds. The minimum Gasteiger partial charge on any atom is -0.313 e. The topological polar surface area (TPSA) is 12.0 Å². The second kappa shape index (κ2) is 3.89. The zero-order valence-electron chi connectivity index (χ0n) is 11.1. The Morgan fingerprint density at radius 1 is 1.31 bits per heavy atom. The van der Waals surface area contributed by atoms with E-state index in [1.807, 2.05) is 0 Å². The highest BCUT2D eigenvalue weighted by atomic mass is 14.9. The standard InChI is InChI=1S/C15H23N/c1-10(2)11-6-7-13-12(8-11)14(16-5)9-15(13,3)4/h6-8,10,14,16H,9H2,1-5H3. The number of hydrogen-bond donors (Lipinski definition) is 1. The second-order valence-electron chi connectivity index (χ2n) is 5.93. The number of benzene rings is 1. The van der Waals surface area contributed by atoms with Crippen molar-refractivity contribution < 1.29 is 0 Å². The Kier molecular flexibility index (Phi) is 2.83. The summed E-state index contributed by atoms with van der Waals surface area (Å²) >= 11 is 0. The molecule has 1 unspecified atom stereocenters. The Morgan fingerprint density at radius 3 is 2.56 bits per heavy atom. The van der Waals surface area contributed by atoms with Gasteiger partial charge in [0.2, 0.25) is 0 Å². The van der Waals surface area contributed by atoms with E-state index in [0.717, 1.165) is 0 Å². The fraction of sp³-hybridized carbons (Fsp3) is 0.600. The SMILES string of the molecule is CNC1CC(C)(C)c2ccc(C(C)C)cc21. The van der Waals surface area contributed by atoms with Gasteiger partial charge in [0.15, 0.2) is 0 Å². The van der Waals surface area contributed by atoms with Crippen molar-refractivity contribution in [2.75, 3.05) is 7.05 Å². The van der Waals surface area contributed by atoms with Crippen LogP contribution in [0.2, 0.25) is 0 Å². The monoisotopic (exact) mass is 217 g/mol. The van der Waals surface area contributed by atoms with Crippen molar-refractivity contribution in [1.82, 2.24) is 5.32 Å². The van der Waals surface area contributed by atoms with Crippen LogP contribution in [-0.4, -0.2) is 7.05 Å². The lowest BCUT2D eigenvalue weighted by Gasteiger charge is -2.19. The molecule has 0 aliphatic heterocycles. The molecule has 0 radical (unpaired) electrons. The van der Waals surface area contributed by atoms with Gasteiger partial charge in [-0.15, -0.1) is 0 Å². The third-order valence-corrected chi connectivity index (χ3v) is 3.91. The highest BCUT2D eigenvalue weighted by molar-refractivity contribution is 5.44. The van der Waals surface area contributed by atoms with Crippen LogP contribution in [0.15, 0.2) is 18.2 Å². The molecule has 0 saturated carbocycles. The first-order valence-corrected chi connectivity index (χ1v) is 6.27. The fourth-order valence-electron chi connectivity index (χ4n) is 2.83. The van der Waals surface area contributed by atoms with Crippen molar-refractivity contribution >= 4 is 0 Å². The highest BCUT2D eigenvalue weighted by Gasteiger charge is 2.35. The van der Waals surface area contributed by atoms with E-state index in [9.17, 15) is 0 Å². The average Bonchev–Trinajstić information content (AvgIpc) is 2.50. The third kappa shape index (κ3) is 1.78. The Morgan fingerprint density at radius 2 is 2.00 bits per heavy atom. The Bertz CT molecular complexity index is 390. The maximum atomic E-state index is 3.44. The van der Waals surface area contributed by atoms with E-state index < -0.39 is 0 Å². The molecule has 0 fully saturated rings. The van der Waals surface area contributed by atoms with E-state index in [4.69, 9.17) is 0 Å². The van der Waals surface area contributed by atoms with Gasteiger partial charge < -0.3 is 5.32 Å². The number of hydrogen-bond acceptors (Lipinski definition) is 1. The molecule has 0 spiro atoms. The van der Waals surface area contributed by atoms with E-state index in [0.29, 0.717) is 17.4 Å². The smallest absolute Gasteiger partial charge is 0.0328 e. The lowest BCUT2D eigenvalue weighted by atomic mass is 9.85. The van der Waals surface area contributed by atoms with Crippen LogP contribution >= 0.6 is 0 Å². The van der Waals surface area contributed by atoms with Crippen LogP contribution in [0.3, 0.4) is 0 Å². The van der Waals surface area contributed by atoms with Crippen molar-refractivity contribution in [3.8, 4) is 0 Å².